The minimum absolute atomic E-state index is 0.0706. The number of ketones is 1. The zero-order chi connectivity index (χ0) is 26.9. The van der Waals surface area contributed by atoms with Crippen LogP contribution in [0.5, 0.6) is 0 Å². The second kappa shape index (κ2) is 10.4. The second-order valence-corrected chi connectivity index (χ2v) is 10.9. The van der Waals surface area contributed by atoms with Crippen molar-refractivity contribution in [1.29, 1.82) is 0 Å². The van der Waals surface area contributed by atoms with Crippen LogP contribution in [0.25, 0.3) is 11.3 Å². The predicted octanol–water partition coefficient (Wildman–Crippen LogP) is 4.88. The van der Waals surface area contributed by atoms with Crippen molar-refractivity contribution in [2.45, 2.75) is 58.4 Å². The molecule has 0 radical (unpaired) electrons. The monoisotopic (exact) mass is 514 g/mol. The van der Waals surface area contributed by atoms with Crippen LogP contribution < -0.4 is 5.32 Å². The first-order valence-electron chi connectivity index (χ1n) is 13.0. The van der Waals surface area contributed by atoms with E-state index in [1.54, 1.807) is 17.1 Å². The molecule has 1 aromatic carbocycles. The Morgan fingerprint density at radius 2 is 2.05 bits per heavy atom. The van der Waals surface area contributed by atoms with Gasteiger partial charge in [-0.15, -0.1) is 10.2 Å². The topological polar surface area (TPSA) is 115 Å². The molecule has 10 nitrogen and oxygen atoms in total. The van der Waals surface area contributed by atoms with E-state index >= 15 is 0 Å². The Morgan fingerprint density at radius 1 is 1.21 bits per heavy atom. The van der Waals surface area contributed by atoms with Gasteiger partial charge in [-0.1, -0.05) is 39.8 Å². The molecule has 5 rings (SSSR count). The van der Waals surface area contributed by atoms with Crippen LogP contribution >= 0.6 is 0 Å². The van der Waals surface area contributed by atoms with E-state index in [4.69, 9.17) is 9.40 Å². The maximum absolute atomic E-state index is 13.2. The third-order valence-corrected chi connectivity index (χ3v) is 6.87. The number of fused-ring (bicyclic) bond motifs is 1. The van der Waals surface area contributed by atoms with E-state index in [1.165, 1.54) is 11.1 Å². The summed E-state index contributed by atoms with van der Waals surface area (Å²) in [5.41, 5.74) is 4.77. The Labute approximate surface area is 222 Å². The van der Waals surface area contributed by atoms with Gasteiger partial charge in [0.05, 0.1) is 17.6 Å². The van der Waals surface area contributed by atoms with Crippen molar-refractivity contribution in [3.63, 3.8) is 0 Å². The number of hydrogen-bond acceptors (Lipinski definition) is 9. The van der Waals surface area contributed by atoms with Crippen LogP contribution in [0, 0.1) is 0 Å². The smallest absolute Gasteiger partial charge is 0.284 e. The highest BCUT2D eigenvalue weighted by Crippen LogP contribution is 2.35. The number of benzene rings is 1. The van der Waals surface area contributed by atoms with Gasteiger partial charge in [0.1, 0.15) is 0 Å². The van der Waals surface area contributed by atoms with Crippen molar-refractivity contribution in [1.82, 2.24) is 34.8 Å². The molecular weight excluding hydrogens is 480 g/mol. The summed E-state index contributed by atoms with van der Waals surface area (Å²) in [6.07, 6.45) is 6.58. The molecule has 0 saturated heterocycles. The Bertz CT molecular complexity index is 1430. The molecular formula is C28H34N8O2. The van der Waals surface area contributed by atoms with Gasteiger partial charge in [0.15, 0.2) is 0 Å². The standard InChI is InChI=1S/C28H34N8O2/c1-6-36-12-10-18(14-24(37)25-33-34-26(38-25)28(2,3)4)22-8-7-19(13-20(22)16-36)23-9-11-29-27(32-23)31-21-15-30-35(5)17-21/h7-9,11,13,15,17-18H,6,10,12,14,16H2,1-5H3,(H,29,31,32)/t18-/m1/s1. The molecule has 1 atom stereocenters. The van der Waals surface area contributed by atoms with Gasteiger partial charge in [-0.2, -0.15) is 5.10 Å². The SMILES string of the molecule is CCN1CC[C@H](CC(=O)c2nnc(C(C)(C)C)o2)c2ccc(-c3ccnc(Nc4cnn(C)c4)n3)cc2C1. The number of aromatic nitrogens is 6. The van der Waals surface area contributed by atoms with Crippen LogP contribution in [0.1, 0.15) is 74.2 Å². The first kappa shape index (κ1) is 25.7. The summed E-state index contributed by atoms with van der Waals surface area (Å²) in [6, 6.07) is 8.33. The Kier molecular flexibility index (Phi) is 7.07. The lowest BCUT2D eigenvalue weighted by Crippen LogP contribution is -2.22. The lowest BCUT2D eigenvalue weighted by Gasteiger charge is -2.18. The third-order valence-electron chi connectivity index (χ3n) is 6.87. The molecule has 1 N–H and O–H groups in total. The average molecular weight is 515 g/mol. The van der Waals surface area contributed by atoms with E-state index in [1.807, 2.05) is 40.1 Å². The number of anilines is 2. The van der Waals surface area contributed by atoms with Gasteiger partial charge in [0, 0.05) is 43.4 Å². The van der Waals surface area contributed by atoms with Crippen molar-refractivity contribution < 1.29 is 9.21 Å². The summed E-state index contributed by atoms with van der Waals surface area (Å²) >= 11 is 0. The number of nitrogens with zero attached hydrogens (tertiary/aromatic N) is 7. The number of hydrogen-bond donors (Lipinski definition) is 1. The Hall–Kier alpha value is -3.92. The van der Waals surface area contributed by atoms with Gasteiger partial charge in [-0.3, -0.25) is 14.4 Å². The van der Waals surface area contributed by atoms with Gasteiger partial charge in [0.2, 0.25) is 17.6 Å². The van der Waals surface area contributed by atoms with Gasteiger partial charge in [-0.05, 0) is 48.7 Å². The van der Waals surface area contributed by atoms with E-state index in [0.717, 1.165) is 43.0 Å². The van der Waals surface area contributed by atoms with E-state index < -0.39 is 0 Å². The molecule has 1 aliphatic heterocycles. The molecule has 38 heavy (non-hydrogen) atoms. The number of aryl methyl sites for hydroxylation is 1. The zero-order valence-electron chi connectivity index (χ0n) is 22.6. The number of Topliss-reactive ketones (excluding diaryl/α,β-unsaturated/α-hetero) is 1. The van der Waals surface area contributed by atoms with E-state index in [-0.39, 0.29) is 23.0 Å². The molecule has 0 aliphatic carbocycles. The molecule has 3 aromatic heterocycles. The molecule has 0 bridgehead atoms. The summed E-state index contributed by atoms with van der Waals surface area (Å²) < 4.78 is 7.46. The van der Waals surface area contributed by atoms with Gasteiger partial charge in [0.25, 0.3) is 5.89 Å². The zero-order valence-corrected chi connectivity index (χ0v) is 22.6. The molecule has 0 saturated carbocycles. The number of rotatable bonds is 7. The highest BCUT2D eigenvalue weighted by molar-refractivity contribution is 5.92. The highest BCUT2D eigenvalue weighted by Gasteiger charge is 2.28. The normalized spacial score (nSPS) is 16.2. The second-order valence-electron chi connectivity index (χ2n) is 10.9. The Morgan fingerprint density at radius 3 is 2.76 bits per heavy atom. The summed E-state index contributed by atoms with van der Waals surface area (Å²) in [7, 11) is 1.86. The molecule has 0 fully saturated rings. The van der Waals surface area contributed by atoms with Gasteiger partial charge >= 0.3 is 0 Å². The fourth-order valence-corrected chi connectivity index (χ4v) is 4.74. The number of nitrogens with one attached hydrogen (secondary N) is 1. The number of carbonyl (C=O) groups excluding carboxylic acids is 1. The third kappa shape index (κ3) is 5.65. The van der Waals surface area contributed by atoms with Crippen LogP contribution in [-0.2, 0) is 19.0 Å². The minimum atomic E-state index is -0.299. The minimum Gasteiger partial charge on any atom is -0.418 e. The van der Waals surface area contributed by atoms with Crippen molar-refractivity contribution in [2.75, 3.05) is 18.4 Å². The highest BCUT2D eigenvalue weighted by atomic mass is 16.4. The van der Waals surface area contributed by atoms with Crippen LogP contribution in [0.3, 0.4) is 0 Å². The fourth-order valence-electron chi connectivity index (χ4n) is 4.74. The van der Waals surface area contributed by atoms with E-state index in [9.17, 15) is 4.79 Å². The summed E-state index contributed by atoms with van der Waals surface area (Å²) in [4.78, 5) is 24.7. The van der Waals surface area contributed by atoms with Crippen molar-refractivity contribution in [2.24, 2.45) is 7.05 Å². The molecule has 1 aliphatic rings. The van der Waals surface area contributed by atoms with Crippen LogP contribution in [-0.4, -0.2) is 53.7 Å². The molecule has 4 aromatic rings. The maximum atomic E-state index is 13.2. The fraction of sp³-hybridized carbons (Fsp3) is 0.429. The quantitative estimate of drug-likeness (QED) is 0.344. The maximum Gasteiger partial charge on any atom is 0.284 e. The molecule has 198 valence electrons. The molecule has 0 unspecified atom stereocenters. The first-order valence-corrected chi connectivity index (χ1v) is 13.0. The van der Waals surface area contributed by atoms with E-state index in [0.29, 0.717) is 18.3 Å². The van der Waals surface area contributed by atoms with E-state index in [2.05, 4.69) is 55.6 Å². The Balaban J connectivity index is 1.40. The molecule has 0 spiro atoms. The molecule has 4 heterocycles. The lowest BCUT2D eigenvalue weighted by molar-refractivity contribution is 0.0934. The average Bonchev–Trinajstić information content (AvgIpc) is 3.51. The summed E-state index contributed by atoms with van der Waals surface area (Å²) in [5, 5.41) is 15.5. The predicted molar refractivity (Wildman–Crippen MR) is 144 cm³/mol. The summed E-state index contributed by atoms with van der Waals surface area (Å²) in [6.45, 7) is 10.8. The van der Waals surface area contributed by atoms with Gasteiger partial charge in [-0.25, -0.2) is 9.97 Å². The van der Waals surface area contributed by atoms with Crippen LogP contribution in [0.4, 0.5) is 11.6 Å². The van der Waals surface area contributed by atoms with Crippen molar-refractivity contribution >= 4 is 17.4 Å². The summed E-state index contributed by atoms with van der Waals surface area (Å²) in [5.74, 6) is 1.05. The molecule has 0 amide bonds. The van der Waals surface area contributed by atoms with Crippen LogP contribution in [0.15, 0.2) is 47.3 Å². The van der Waals surface area contributed by atoms with Gasteiger partial charge < -0.3 is 9.73 Å². The van der Waals surface area contributed by atoms with Crippen molar-refractivity contribution in [3.8, 4) is 11.3 Å². The first-order chi connectivity index (χ1) is 18.2. The van der Waals surface area contributed by atoms with Crippen molar-refractivity contribution in [3.05, 3.63) is 65.8 Å². The molecule has 10 heteroatoms. The lowest BCUT2D eigenvalue weighted by atomic mass is 9.87. The van der Waals surface area contributed by atoms with Crippen LogP contribution in [0.2, 0.25) is 0 Å². The number of carbonyl (C=O) groups is 1. The largest absolute Gasteiger partial charge is 0.418 e.